The number of amides is 1. The maximum Gasteiger partial charge on any atom is 0.422 e. The lowest BCUT2D eigenvalue weighted by Crippen LogP contribution is -2.27. The number of halogens is 4. The molecule has 1 unspecified atom stereocenters. The van der Waals surface area contributed by atoms with Gasteiger partial charge in [-0.15, -0.1) is 0 Å². The van der Waals surface area contributed by atoms with Gasteiger partial charge in [0, 0.05) is 23.6 Å². The van der Waals surface area contributed by atoms with E-state index in [9.17, 15) is 18.0 Å². The summed E-state index contributed by atoms with van der Waals surface area (Å²) in [6.07, 6.45) is -2.27. The Hall–Kier alpha value is -1.47. The molecule has 0 saturated carbocycles. The minimum atomic E-state index is -4.46. The maximum atomic E-state index is 12.3. The highest BCUT2D eigenvalue weighted by Gasteiger charge is 2.29. The van der Waals surface area contributed by atoms with Crippen molar-refractivity contribution in [2.45, 2.75) is 31.5 Å². The van der Waals surface area contributed by atoms with Crippen LogP contribution in [0.25, 0.3) is 0 Å². The molecule has 0 aromatic heterocycles. The number of alkyl halides is 3. The third-order valence-corrected chi connectivity index (χ3v) is 3.44. The summed E-state index contributed by atoms with van der Waals surface area (Å²) in [6, 6.07) is 4.25. The first-order valence-electron chi connectivity index (χ1n) is 6.86. The number of ether oxygens (including phenoxy) is 1. The van der Waals surface area contributed by atoms with Crippen LogP contribution in [0.3, 0.4) is 0 Å². The van der Waals surface area contributed by atoms with Gasteiger partial charge in [0.25, 0.3) is 0 Å². The molecule has 8 heteroatoms. The second-order valence-electron chi connectivity index (χ2n) is 5.09. The molecule has 1 saturated heterocycles. The SMILES string of the molecule is O=C(CC1CCCN1)Nc1ccc(Cl)cc1OCC(F)(F)F. The van der Waals surface area contributed by atoms with Crippen molar-refractivity contribution in [3.05, 3.63) is 23.2 Å². The van der Waals surface area contributed by atoms with Crippen LogP contribution in [0.1, 0.15) is 19.3 Å². The summed E-state index contributed by atoms with van der Waals surface area (Å²) in [5, 5.41) is 5.98. The number of anilines is 1. The Morgan fingerprint density at radius 1 is 1.45 bits per heavy atom. The fourth-order valence-corrected chi connectivity index (χ4v) is 2.40. The van der Waals surface area contributed by atoms with E-state index in [1.807, 2.05) is 0 Å². The lowest BCUT2D eigenvalue weighted by molar-refractivity contribution is -0.153. The van der Waals surface area contributed by atoms with Crippen molar-refractivity contribution in [1.82, 2.24) is 5.32 Å². The molecule has 1 atom stereocenters. The number of benzene rings is 1. The molecule has 2 rings (SSSR count). The zero-order chi connectivity index (χ0) is 16.2. The van der Waals surface area contributed by atoms with Gasteiger partial charge in [-0.3, -0.25) is 4.79 Å². The summed E-state index contributed by atoms with van der Waals surface area (Å²) in [5.74, 6) is -0.379. The van der Waals surface area contributed by atoms with E-state index >= 15 is 0 Å². The van der Waals surface area contributed by atoms with E-state index in [1.165, 1.54) is 18.2 Å². The minimum absolute atomic E-state index is 0.0995. The first-order valence-corrected chi connectivity index (χ1v) is 7.23. The zero-order valence-corrected chi connectivity index (χ0v) is 12.4. The van der Waals surface area contributed by atoms with E-state index in [0.717, 1.165) is 19.4 Å². The summed E-state index contributed by atoms with van der Waals surface area (Å²) >= 11 is 5.76. The van der Waals surface area contributed by atoms with E-state index in [1.54, 1.807) is 0 Å². The van der Waals surface area contributed by atoms with Crippen molar-refractivity contribution in [3.63, 3.8) is 0 Å². The van der Waals surface area contributed by atoms with Crippen molar-refractivity contribution in [3.8, 4) is 5.75 Å². The van der Waals surface area contributed by atoms with E-state index in [4.69, 9.17) is 16.3 Å². The third kappa shape index (κ3) is 5.38. The van der Waals surface area contributed by atoms with Crippen molar-refractivity contribution in [1.29, 1.82) is 0 Å². The molecule has 1 fully saturated rings. The quantitative estimate of drug-likeness (QED) is 0.867. The molecular weight excluding hydrogens is 321 g/mol. The van der Waals surface area contributed by atoms with Gasteiger partial charge >= 0.3 is 6.18 Å². The van der Waals surface area contributed by atoms with Gasteiger partial charge in [-0.2, -0.15) is 13.2 Å². The molecule has 1 aliphatic heterocycles. The minimum Gasteiger partial charge on any atom is -0.482 e. The van der Waals surface area contributed by atoms with E-state index < -0.39 is 12.8 Å². The molecule has 4 nitrogen and oxygen atoms in total. The molecule has 22 heavy (non-hydrogen) atoms. The lowest BCUT2D eigenvalue weighted by atomic mass is 10.1. The molecule has 0 radical (unpaired) electrons. The van der Waals surface area contributed by atoms with Gasteiger partial charge in [0.15, 0.2) is 6.61 Å². The lowest BCUT2D eigenvalue weighted by Gasteiger charge is -2.15. The Bertz CT molecular complexity index is 531. The van der Waals surface area contributed by atoms with Crippen molar-refractivity contribution in [2.75, 3.05) is 18.5 Å². The number of hydrogen-bond donors (Lipinski definition) is 2. The zero-order valence-electron chi connectivity index (χ0n) is 11.7. The summed E-state index contributed by atoms with van der Waals surface area (Å²) in [7, 11) is 0. The number of hydrogen-bond acceptors (Lipinski definition) is 3. The highest BCUT2D eigenvalue weighted by Crippen LogP contribution is 2.30. The largest absolute Gasteiger partial charge is 0.482 e. The molecule has 1 aromatic carbocycles. The molecule has 1 aromatic rings. The summed E-state index contributed by atoms with van der Waals surface area (Å²) in [5.41, 5.74) is 0.177. The second-order valence-corrected chi connectivity index (χ2v) is 5.53. The molecule has 0 bridgehead atoms. The molecule has 2 N–H and O–H groups in total. The number of carbonyl (C=O) groups excluding carboxylic acids is 1. The molecule has 1 amide bonds. The molecule has 122 valence electrons. The standard InChI is InChI=1S/C14H16ClF3N2O2/c15-9-3-4-11(12(6-9)22-8-14(16,17)18)20-13(21)7-10-2-1-5-19-10/h3-4,6,10,19H,1-2,5,7-8H2,(H,20,21). The van der Waals surface area contributed by atoms with Crippen LogP contribution < -0.4 is 15.4 Å². The van der Waals surface area contributed by atoms with Crippen molar-refractivity contribution >= 4 is 23.2 Å². The van der Waals surface area contributed by atoms with Gasteiger partial charge < -0.3 is 15.4 Å². The Balaban J connectivity index is 2.00. The topological polar surface area (TPSA) is 50.4 Å². The fourth-order valence-electron chi connectivity index (χ4n) is 2.23. The van der Waals surface area contributed by atoms with Crippen LogP contribution in [0.5, 0.6) is 5.75 Å². The average molecular weight is 337 g/mol. The first-order chi connectivity index (χ1) is 10.3. The predicted molar refractivity (Wildman–Crippen MR) is 77.3 cm³/mol. The Labute approximate surface area is 131 Å². The van der Waals surface area contributed by atoms with Crippen molar-refractivity contribution < 1.29 is 22.7 Å². The van der Waals surface area contributed by atoms with Crippen LogP contribution in [0, 0.1) is 0 Å². The van der Waals surface area contributed by atoms with Gasteiger partial charge in [0.05, 0.1) is 5.69 Å². The highest BCUT2D eigenvalue weighted by molar-refractivity contribution is 6.30. The maximum absolute atomic E-state index is 12.3. The Morgan fingerprint density at radius 2 is 2.23 bits per heavy atom. The smallest absolute Gasteiger partial charge is 0.422 e. The molecule has 1 aliphatic rings. The van der Waals surface area contributed by atoms with Crippen molar-refractivity contribution in [2.24, 2.45) is 0 Å². The molecule has 1 heterocycles. The van der Waals surface area contributed by atoms with Gasteiger partial charge in [-0.05, 0) is 31.5 Å². The van der Waals surface area contributed by atoms with Crippen LogP contribution >= 0.6 is 11.6 Å². The molecule has 0 spiro atoms. The van der Waals surface area contributed by atoms with Gasteiger partial charge in [0.2, 0.25) is 5.91 Å². The first kappa shape index (κ1) is 16.9. The van der Waals surface area contributed by atoms with Crippen LogP contribution in [-0.4, -0.2) is 31.3 Å². The van der Waals surface area contributed by atoms with Crippen LogP contribution in [0.15, 0.2) is 18.2 Å². The molecular formula is C14H16ClF3N2O2. The summed E-state index contributed by atoms with van der Waals surface area (Å²) < 4.78 is 41.5. The summed E-state index contributed by atoms with van der Waals surface area (Å²) in [4.78, 5) is 11.9. The van der Waals surface area contributed by atoms with Crippen LogP contribution in [0.2, 0.25) is 5.02 Å². The fraction of sp³-hybridized carbons (Fsp3) is 0.500. The van der Waals surface area contributed by atoms with Crippen LogP contribution in [0.4, 0.5) is 18.9 Å². The number of carbonyl (C=O) groups is 1. The van der Waals surface area contributed by atoms with Gasteiger partial charge in [0.1, 0.15) is 5.75 Å². The number of nitrogens with one attached hydrogen (secondary N) is 2. The van der Waals surface area contributed by atoms with E-state index in [-0.39, 0.29) is 34.8 Å². The Kier molecular flexibility index (Phi) is 5.52. The molecule has 0 aliphatic carbocycles. The second kappa shape index (κ2) is 7.19. The predicted octanol–water partition coefficient (Wildman–Crippen LogP) is 3.36. The number of rotatable bonds is 5. The Morgan fingerprint density at radius 3 is 2.86 bits per heavy atom. The third-order valence-electron chi connectivity index (χ3n) is 3.20. The summed E-state index contributed by atoms with van der Waals surface area (Å²) in [6.45, 7) is -0.570. The monoisotopic (exact) mass is 336 g/mol. The van der Waals surface area contributed by atoms with Gasteiger partial charge in [-0.25, -0.2) is 0 Å². The van der Waals surface area contributed by atoms with E-state index in [2.05, 4.69) is 10.6 Å². The van der Waals surface area contributed by atoms with Gasteiger partial charge in [-0.1, -0.05) is 11.6 Å². The highest BCUT2D eigenvalue weighted by atomic mass is 35.5. The average Bonchev–Trinajstić information content (AvgIpc) is 2.91. The van der Waals surface area contributed by atoms with Crippen LogP contribution in [-0.2, 0) is 4.79 Å². The van der Waals surface area contributed by atoms with E-state index in [0.29, 0.717) is 0 Å². The normalized spacial score (nSPS) is 18.3.